The second-order valence-electron chi connectivity index (χ2n) is 4.06. The fourth-order valence-electron chi connectivity index (χ4n) is 1.69. The van der Waals surface area contributed by atoms with E-state index in [1.807, 2.05) is 6.92 Å². The van der Waals surface area contributed by atoms with Crippen molar-refractivity contribution in [3.63, 3.8) is 0 Å². The highest BCUT2D eigenvalue weighted by atomic mass is 32.1. The van der Waals surface area contributed by atoms with Gasteiger partial charge in [-0.15, -0.1) is 11.3 Å². The molecule has 0 unspecified atom stereocenters. The maximum Gasteiger partial charge on any atom is 0.270 e. The summed E-state index contributed by atoms with van der Waals surface area (Å²) >= 11 is 1.55. The topological polar surface area (TPSA) is 82.3 Å². The van der Waals surface area contributed by atoms with Crippen molar-refractivity contribution >= 4 is 23.3 Å². The van der Waals surface area contributed by atoms with E-state index in [-0.39, 0.29) is 11.3 Å². The molecular formula is C13H12N2O4S. The molecule has 6 nitrogen and oxygen atoms in total. The monoisotopic (exact) mass is 292 g/mol. The van der Waals surface area contributed by atoms with Gasteiger partial charge in [-0.3, -0.25) is 14.9 Å². The zero-order valence-electron chi connectivity index (χ0n) is 10.7. The lowest BCUT2D eigenvalue weighted by atomic mass is 10.2. The van der Waals surface area contributed by atoms with Gasteiger partial charge in [0.25, 0.3) is 5.69 Å². The molecule has 0 spiro atoms. The van der Waals surface area contributed by atoms with E-state index < -0.39 is 4.92 Å². The Morgan fingerprint density at radius 2 is 2.30 bits per heavy atom. The number of hydrogen-bond donors (Lipinski definition) is 0. The molecule has 0 bridgehead atoms. The van der Waals surface area contributed by atoms with Crippen LogP contribution in [0.3, 0.4) is 0 Å². The summed E-state index contributed by atoms with van der Waals surface area (Å²) in [6, 6.07) is 3.97. The number of aromatic nitrogens is 1. The van der Waals surface area contributed by atoms with Crippen molar-refractivity contribution in [2.24, 2.45) is 0 Å². The summed E-state index contributed by atoms with van der Waals surface area (Å²) in [5, 5.41) is 10.6. The smallest absolute Gasteiger partial charge is 0.270 e. The van der Waals surface area contributed by atoms with E-state index >= 15 is 0 Å². The van der Waals surface area contributed by atoms with Crippen molar-refractivity contribution in [3.8, 4) is 5.75 Å². The van der Waals surface area contributed by atoms with Gasteiger partial charge in [0, 0.05) is 23.4 Å². The maximum absolute atomic E-state index is 10.9. The number of nitro benzene ring substituents is 1. The Labute approximate surface area is 119 Å². The van der Waals surface area contributed by atoms with Gasteiger partial charge in [0.15, 0.2) is 6.29 Å². The number of non-ortho nitro benzene ring substituents is 1. The van der Waals surface area contributed by atoms with Gasteiger partial charge < -0.3 is 4.74 Å². The number of carbonyl (C=O) groups excluding carboxylic acids is 1. The van der Waals surface area contributed by atoms with Crippen LogP contribution in [0.1, 0.15) is 20.9 Å². The standard InChI is InChI=1S/C13H12N2O4S/c1-9-13(20-8-14-9)4-5-19-12-3-2-11(15(17)18)6-10(12)7-16/h2-3,6-8H,4-5H2,1H3. The highest BCUT2D eigenvalue weighted by Crippen LogP contribution is 2.23. The lowest BCUT2D eigenvalue weighted by molar-refractivity contribution is -0.384. The van der Waals surface area contributed by atoms with Crippen molar-refractivity contribution in [1.82, 2.24) is 4.98 Å². The van der Waals surface area contributed by atoms with Crippen molar-refractivity contribution in [3.05, 3.63) is 50.0 Å². The first-order valence-corrected chi connectivity index (χ1v) is 6.75. The Kier molecular flexibility index (Phi) is 4.41. The van der Waals surface area contributed by atoms with Crippen LogP contribution in [0.25, 0.3) is 0 Å². The largest absolute Gasteiger partial charge is 0.492 e. The fourth-order valence-corrected chi connectivity index (χ4v) is 2.46. The zero-order chi connectivity index (χ0) is 14.5. The van der Waals surface area contributed by atoms with Gasteiger partial charge in [-0.25, -0.2) is 4.98 Å². The van der Waals surface area contributed by atoms with Gasteiger partial charge in [-0.05, 0) is 13.0 Å². The molecule has 1 aromatic heterocycles. The number of nitrogens with zero attached hydrogens (tertiary/aromatic N) is 2. The van der Waals surface area contributed by atoms with E-state index in [1.165, 1.54) is 18.2 Å². The van der Waals surface area contributed by atoms with Gasteiger partial charge in [0.2, 0.25) is 0 Å². The van der Waals surface area contributed by atoms with Crippen molar-refractivity contribution < 1.29 is 14.5 Å². The molecule has 2 aromatic rings. The average molecular weight is 292 g/mol. The van der Waals surface area contributed by atoms with Crippen molar-refractivity contribution in [1.29, 1.82) is 0 Å². The van der Waals surface area contributed by atoms with Crippen LogP contribution in [0.2, 0.25) is 0 Å². The number of rotatable bonds is 6. The number of carbonyl (C=O) groups is 1. The van der Waals surface area contributed by atoms with E-state index in [0.717, 1.165) is 10.6 Å². The molecule has 20 heavy (non-hydrogen) atoms. The van der Waals surface area contributed by atoms with Crippen molar-refractivity contribution in [2.75, 3.05) is 6.61 Å². The number of thiazole rings is 1. The molecule has 0 N–H and O–H groups in total. The molecule has 104 valence electrons. The van der Waals surface area contributed by atoms with Crippen LogP contribution < -0.4 is 4.74 Å². The van der Waals surface area contributed by atoms with Gasteiger partial charge in [-0.1, -0.05) is 0 Å². The molecule has 0 aliphatic carbocycles. The van der Waals surface area contributed by atoms with Crippen LogP contribution in [0.5, 0.6) is 5.75 Å². The molecule has 0 saturated carbocycles. The molecule has 0 radical (unpaired) electrons. The molecule has 0 fully saturated rings. The first kappa shape index (κ1) is 14.1. The summed E-state index contributed by atoms with van der Waals surface area (Å²) in [5.41, 5.74) is 2.80. The van der Waals surface area contributed by atoms with Crippen LogP contribution >= 0.6 is 11.3 Å². The number of ether oxygens (including phenoxy) is 1. The normalized spacial score (nSPS) is 10.2. The quantitative estimate of drug-likeness (QED) is 0.464. The molecule has 1 aromatic carbocycles. The summed E-state index contributed by atoms with van der Waals surface area (Å²) < 4.78 is 5.52. The molecular weight excluding hydrogens is 280 g/mol. The van der Waals surface area contributed by atoms with Crippen LogP contribution in [-0.2, 0) is 6.42 Å². The molecule has 1 heterocycles. The summed E-state index contributed by atoms with van der Waals surface area (Å²) in [6.07, 6.45) is 1.24. The molecule has 2 rings (SSSR count). The molecule has 7 heteroatoms. The average Bonchev–Trinajstić information content (AvgIpc) is 2.84. The lowest BCUT2D eigenvalue weighted by Crippen LogP contribution is -2.03. The van der Waals surface area contributed by atoms with Gasteiger partial charge in [0.1, 0.15) is 5.75 Å². The SMILES string of the molecule is Cc1ncsc1CCOc1ccc([N+](=O)[O-])cc1C=O. The highest BCUT2D eigenvalue weighted by Gasteiger charge is 2.11. The maximum atomic E-state index is 10.9. The Morgan fingerprint density at radius 3 is 2.90 bits per heavy atom. The third-order valence-electron chi connectivity index (χ3n) is 2.76. The molecule has 0 saturated heterocycles. The number of benzene rings is 1. The summed E-state index contributed by atoms with van der Waals surface area (Å²) in [5.74, 6) is 0.354. The highest BCUT2D eigenvalue weighted by molar-refractivity contribution is 7.09. The van der Waals surface area contributed by atoms with E-state index in [9.17, 15) is 14.9 Å². The molecule has 0 aliphatic rings. The Balaban J connectivity index is 2.04. The lowest BCUT2D eigenvalue weighted by Gasteiger charge is -2.07. The third kappa shape index (κ3) is 3.18. The fraction of sp³-hybridized carbons (Fsp3) is 0.231. The second kappa shape index (κ2) is 6.25. The van der Waals surface area contributed by atoms with Gasteiger partial charge in [-0.2, -0.15) is 0 Å². The summed E-state index contributed by atoms with van der Waals surface area (Å²) in [7, 11) is 0. The van der Waals surface area contributed by atoms with Crippen LogP contribution in [-0.4, -0.2) is 22.8 Å². The number of hydrogen-bond acceptors (Lipinski definition) is 6. The predicted molar refractivity (Wildman–Crippen MR) is 74.5 cm³/mol. The minimum absolute atomic E-state index is 0.127. The molecule has 0 aliphatic heterocycles. The van der Waals surface area contributed by atoms with E-state index in [1.54, 1.807) is 16.8 Å². The summed E-state index contributed by atoms with van der Waals surface area (Å²) in [6.45, 7) is 2.32. The van der Waals surface area contributed by atoms with E-state index in [4.69, 9.17) is 4.74 Å². The minimum Gasteiger partial charge on any atom is -0.492 e. The first-order valence-electron chi connectivity index (χ1n) is 5.87. The Bertz CT molecular complexity index is 639. The van der Waals surface area contributed by atoms with Crippen LogP contribution in [0, 0.1) is 17.0 Å². The van der Waals surface area contributed by atoms with Gasteiger partial charge >= 0.3 is 0 Å². The zero-order valence-corrected chi connectivity index (χ0v) is 11.6. The number of aryl methyl sites for hydroxylation is 1. The molecule has 0 atom stereocenters. The van der Waals surface area contributed by atoms with Crippen molar-refractivity contribution in [2.45, 2.75) is 13.3 Å². The Hall–Kier alpha value is -2.28. The van der Waals surface area contributed by atoms with Gasteiger partial charge in [0.05, 0.1) is 28.3 Å². The van der Waals surface area contributed by atoms with E-state index in [0.29, 0.717) is 25.1 Å². The Morgan fingerprint density at radius 1 is 1.50 bits per heavy atom. The molecule has 0 amide bonds. The first-order chi connectivity index (χ1) is 9.61. The van der Waals surface area contributed by atoms with Crippen LogP contribution in [0.15, 0.2) is 23.7 Å². The minimum atomic E-state index is -0.544. The summed E-state index contributed by atoms with van der Waals surface area (Å²) in [4.78, 5) is 26.3. The van der Waals surface area contributed by atoms with Crippen LogP contribution in [0.4, 0.5) is 5.69 Å². The second-order valence-corrected chi connectivity index (χ2v) is 5.00. The third-order valence-corrected chi connectivity index (χ3v) is 3.76. The predicted octanol–water partition coefficient (Wildman–Crippen LogP) is 2.79. The number of aldehydes is 1. The van der Waals surface area contributed by atoms with E-state index in [2.05, 4.69) is 4.98 Å². The number of nitro groups is 1.